The Kier molecular flexibility index (Phi) is 7.77. The van der Waals surface area contributed by atoms with Crippen molar-refractivity contribution in [2.24, 2.45) is 0 Å². The lowest BCUT2D eigenvalue weighted by Crippen LogP contribution is -2.46. The zero-order valence-corrected chi connectivity index (χ0v) is 21.2. The third kappa shape index (κ3) is 6.06. The first-order valence-corrected chi connectivity index (χ1v) is 13.1. The molecule has 0 radical (unpaired) electrons. The Balaban J connectivity index is 1.52. The highest BCUT2D eigenvalue weighted by Gasteiger charge is 2.38. The molecule has 2 aromatic carbocycles. The molecule has 0 bridgehead atoms. The number of piperidine rings is 1. The van der Waals surface area contributed by atoms with Gasteiger partial charge in [-0.2, -0.15) is 13.2 Å². The first kappa shape index (κ1) is 26.9. The topological polar surface area (TPSA) is 88.6 Å². The Morgan fingerprint density at radius 1 is 1.11 bits per heavy atom. The van der Waals surface area contributed by atoms with Crippen LogP contribution in [0.4, 0.5) is 13.2 Å². The van der Waals surface area contributed by atoms with Crippen molar-refractivity contribution < 1.29 is 31.1 Å². The van der Waals surface area contributed by atoms with E-state index in [0.29, 0.717) is 16.9 Å². The molecule has 3 aromatic rings. The Hall–Kier alpha value is -3.15. The molecule has 2 heterocycles. The summed E-state index contributed by atoms with van der Waals surface area (Å²) in [6.07, 6.45) is -3.07. The molecule has 1 aromatic heterocycles. The monoisotopic (exact) mass is 553 g/mol. The van der Waals surface area contributed by atoms with Crippen molar-refractivity contribution in [1.82, 2.24) is 14.6 Å². The molecule has 12 heteroatoms. The second kappa shape index (κ2) is 10.7. The summed E-state index contributed by atoms with van der Waals surface area (Å²) in [5, 5.41) is 0.249. The van der Waals surface area contributed by atoms with Crippen molar-refractivity contribution >= 4 is 27.5 Å². The van der Waals surface area contributed by atoms with Gasteiger partial charge in [0.2, 0.25) is 10.0 Å². The fourth-order valence-corrected chi connectivity index (χ4v) is 5.83. The van der Waals surface area contributed by atoms with E-state index >= 15 is 0 Å². The number of carbonyl (C=O) groups is 1. The fourth-order valence-electron chi connectivity index (χ4n) is 4.20. The van der Waals surface area contributed by atoms with E-state index in [4.69, 9.17) is 16.3 Å². The molecular weight excluding hydrogens is 531 g/mol. The molecule has 1 saturated heterocycles. The third-order valence-electron chi connectivity index (χ3n) is 6.07. The Morgan fingerprint density at radius 2 is 1.81 bits per heavy atom. The molecule has 0 aliphatic carbocycles. The molecule has 0 unspecified atom stereocenters. The van der Waals surface area contributed by atoms with Crippen LogP contribution in [0.25, 0.3) is 11.1 Å². The minimum atomic E-state index is -4.91. The first-order chi connectivity index (χ1) is 17.5. The van der Waals surface area contributed by atoms with Crippen molar-refractivity contribution in [2.45, 2.75) is 30.0 Å². The number of carbonyl (C=O) groups excluding carboxylic acids is 1. The Bertz CT molecular complexity index is 1390. The second-order valence-electron chi connectivity index (χ2n) is 8.47. The molecule has 1 N–H and O–H groups in total. The van der Waals surface area contributed by atoms with Gasteiger partial charge in [-0.05, 0) is 48.7 Å². The number of amides is 1. The number of methoxy groups -OCH3 is 1. The minimum absolute atomic E-state index is 0.173. The van der Waals surface area contributed by atoms with Crippen LogP contribution in [-0.4, -0.2) is 50.5 Å². The van der Waals surface area contributed by atoms with Crippen LogP contribution in [0.2, 0.25) is 5.15 Å². The number of benzene rings is 2. The van der Waals surface area contributed by atoms with E-state index in [2.05, 4.69) is 9.71 Å². The standard InChI is InChI=1S/C25H23ClF3N3O4S/c1-36-21-5-3-2-4-19(21)16-6-8-22(20(14-16)25(27,28)29)37(34,35)31-18-10-12-32(13-11-18)24(33)17-7-9-23(26)30-15-17/h2-9,14-15,18,31H,10-13H2,1H3. The lowest BCUT2D eigenvalue weighted by molar-refractivity contribution is -0.139. The summed E-state index contributed by atoms with van der Waals surface area (Å²) in [6.45, 7) is 0.459. The first-order valence-electron chi connectivity index (χ1n) is 11.3. The van der Waals surface area contributed by atoms with E-state index in [1.54, 1.807) is 35.2 Å². The van der Waals surface area contributed by atoms with Crippen LogP contribution < -0.4 is 9.46 Å². The number of halogens is 4. The normalized spacial score (nSPS) is 15.0. The van der Waals surface area contributed by atoms with Crippen LogP contribution in [0.1, 0.15) is 28.8 Å². The Morgan fingerprint density at radius 3 is 2.43 bits per heavy atom. The number of para-hydroxylation sites is 1. The minimum Gasteiger partial charge on any atom is -0.496 e. The zero-order chi connectivity index (χ0) is 26.8. The maximum Gasteiger partial charge on any atom is 0.417 e. The van der Waals surface area contributed by atoms with Crippen molar-refractivity contribution in [3.8, 4) is 16.9 Å². The maximum absolute atomic E-state index is 14.0. The number of ether oxygens (including phenoxy) is 1. The summed E-state index contributed by atoms with van der Waals surface area (Å²) in [7, 11) is -3.11. The average Bonchev–Trinajstić information content (AvgIpc) is 2.88. The summed E-state index contributed by atoms with van der Waals surface area (Å²) in [5.41, 5.74) is -0.354. The average molecular weight is 554 g/mol. The number of alkyl halides is 3. The van der Waals surface area contributed by atoms with E-state index in [0.717, 1.165) is 12.1 Å². The SMILES string of the molecule is COc1ccccc1-c1ccc(S(=O)(=O)NC2CCN(C(=O)c3ccc(Cl)nc3)CC2)c(C(F)(F)F)c1. The molecule has 37 heavy (non-hydrogen) atoms. The van der Waals surface area contributed by atoms with Crippen molar-refractivity contribution in [3.05, 3.63) is 77.1 Å². The molecule has 0 saturated carbocycles. The van der Waals surface area contributed by atoms with E-state index in [1.165, 1.54) is 25.4 Å². The van der Waals surface area contributed by atoms with Crippen molar-refractivity contribution in [3.63, 3.8) is 0 Å². The van der Waals surface area contributed by atoms with Gasteiger partial charge in [0.05, 0.1) is 23.1 Å². The van der Waals surface area contributed by atoms with Crippen molar-refractivity contribution in [1.29, 1.82) is 0 Å². The van der Waals surface area contributed by atoms with Crippen LogP contribution in [0, 0.1) is 0 Å². The number of nitrogens with one attached hydrogen (secondary N) is 1. The highest BCUT2D eigenvalue weighted by molar-refractivity contribution is 7.89. The number of nitrogens with zero attached hydrogens (tertiary/aromatic N) is 2. The quantitative estimate of drug-likeness (QED) is 0.433. The molecule has 7 nitrogen and oxygen atoms in total. The van der Waals surface area contributed by atoms with Crippen LogP contribution in [0.5, 0.6) is 5.75 Å². The van der Waals surface area contributed by atoms with Gasteiger partial charge in [-0.3, -0.25) is 4.79 Å². The predicted molar refractivity (Wildman–Crippen MR) is 132 cm³/mol. The van der Waals surface area contributed by atoms with Gasteiger partial charge >= 0.3 is 6.18 Å². The number of sulfonamides is 1. The molecule has 196 valence electrons. The van der Waals surface area contributed by atoms with Gasteiger partial charge in [-0.1, -0.05) is 35.9 Å². The van der Waals surface area contributed by atoms with Gasteiger partial charge in [0.25, 0.3) is 5.91 Å². The number of rotatable bonds is 6. The van der Waals surface area contributed by atoms with Gasteiger partial charge in [-0.25, -0.2) is 18.1 Å². The summed E-state index contributed by atoms with van der Waals surface area (Å²) >= 11 is 5.75. The van der Waals surface area contributed by atoms with E-state index in [-0.39, 0.29) is 42.6 Å². The molecule has 1 aliphatic heterocycles. The third-order valence-corrected chi connectivity index (χ3v) is 7.87. The molecule has 1 aliphatic rings. The smallest absolute Gasteiger partial charge is 0.417 e. The van der Waals surface area contributed by atoms with Gasteiger partial charge in [0.15, 0.2) is 0 Å². The summed E-state index contributed by atoms with van der Waals surface area (Å²) in [6, 6.07) is 12.0. The second-order valence-corrected chi connectivity index (χ2v) is 10.5. The molecule has 0 atom stereocenters. The number of pyridine rings is 1. The molecule has 0 spiro atoms. The predicted octanol–water partition coefficient (Wildman–Crippen LogP) is 5.01. The van der Waals surface area contributed by atoms with Gasteiger partial charge < -0.3 is 9.64 Å². The lowest BCUT2D eigenvalue weighted by atomic mass is 10.0. The highest BCUT2D eigenvalue weighted by atomic mass is 35.5. The molecule has 4 rings (SSSR count). The van der Waals surface area contributed by atoms with Gasteiger partial charge in [0, 0.05) is 30.9 Å². The van der Waals surface area contributed by atoms with Crippen LogP contribution >= 0.6 is 11.6 Å². The summed E-state index contributed by atoms with van der Waals surface area (Å²) in [5.74, 6) is 0.0804. The maximum atomic E-state index is 14.0. The largest absolute Gasteiger partial charge is 0.496 e. The molecular formula is C25H23ClF3N3O4S. The Labute approximate surface area is 217 Å². The lowest BCUT2D eigenvalue weighted by Gasteiger charge is -2.32. The number of aromatic nitrogens is 1. The van der Waals surface area contributed by atoms with Crippen LogP contribution in [0.3, 0.4) is 0 Å². The fraction of sp³-hybridized carbons (Fsp3) is 0.280. The molecule has 1 fully saturated rings. The van der Waals surface area contributed by atoms with E-state index in [9.17, 15) is 26.4 Å². The van der Waals surface area contributed by atoms with Gasteiger partial charge in [0.1, 0.15) is 10.9 Å². The zero-order valence-electron chi connectivity index (χ0n) is 19.6. The van der Waals surface area contributed by atoms with Crippen LogP contribution in [0.15, 0.2) is 65.7 Å². The summed E-state index contributed by atoms with van der Waals surface area (Å²) in [4.78, 5) is 17.2. The van der Waals surface area contributed by atoms with Gasteiger partial charge in [-0.15, -0.1) is 0 Å². The summed E-state index contributed by atoms with van der Waals surface area (Å²) < 4.78 is 75.7. The number of hydrogen-bond donors (Lipinski definition) is 1. The highest BCUT2D eigenvalue weighted by Crippen LogP contribution is 2.39. The van der Waals surface area contributed by atoms with Crippen LogP contribution in [-0.2, 0) is 16.2 Å². The number of hydrogen-bond acceptors (Lipinski definition) is 5. The van der Waals surface area contributed by atoms with Crippen molar-refractivity contribution in [2.75, 3.05) is 20.2 Å². The van der Waals surface area contributed by atoms with E-state index in [1.807, 2.05) is 0 Å². The number of likely N-dealkylation sites (tertiary alicyclic amines) is 1. The van der Waals surface area contributed by atoms with E-state index < -0.39 is 32.7 Å². The molecule has 1 amide bonds.